The van der Waals surface area contributed by atoms with E-state index in [4.69, 9.17) is 9.15 Å². The lowest BCUT2D eigenvalue weighted by Crippen LogP contribution is -2.34. The molecule has 0 radical (unpaired) electrons. The number of nitrogens with zero attached hydrogens (tertiary/aromatic N) is 1. The van der Waals surface area contributed by atoms with E-state index in [9.17, 15) is 0 Å². The van der Waals surface area contributed by atoms with Crippen LogP contribution in [-0.4, -0.2) is 37.7 Å². The molecule has 0 amide bonds. The van der Waals surface area contributed by atoms with Crippen molar-refractivity contribution in [2.24, 2.45) is 0 Å². The first-order valence-corrected chi connectivity index (χ1v) is 7.64. The molecule has 1 atom stereocenters. The van der Waals surface area contributed by atoms with Crippen molar-refractivity contribution in [3.8, 4) is 0 Å². The van der Waals surface area contributed by atoms with Crippen LogP contribution >= 0.6 is 0 Å². The summed E-state index contributed by atoms with van der Waals surface area (Å²) < 4.78 is 11.0. The molecule has 0 saturated carbocycles. The zero-order valence-corrected chi connectivity index (χ0v) is 13.7. The summed E-state index contributed by atoms with van der Waals surface area (Å²) in [5, 5.41) is 3.30. The summed E-state index contributed by atoms with van der Waals surface area (Å²) in [7, 11) is 1.76. The largest absolute Gasteiger partial charge is 0.465 e. The number of aryl methyl sites for hydroxylation is 1. The van der Waals surface area contributed by atoms with Gasteiger partial charge in [0.1, 0.15) is 11.5 Å². The highest BCUT2D eigenvalue weighted by molar-refractivity contribution is 5.20. The number of hydrogen-bond acceptors (Lipinski definition) is 4. The van der Waals surface area contributed by atoms with E-state index in [1.165, 1.54) is 5.56 Å². The Kier molecular flexibility index (Phi) is 7.88. The second-order valence-electron chi connectivity index (χ2n) is 5.30. The van der Waals surface area contributed by atoms with Gasteiger partial charge in [-0.15, -0.1) is 0 Å². The summed E-state index contributed by atoms with van der Waals surface area (Å²) in [5.74, 6) is 2.05. The first-order chi connectivity index (χ1) is 9.62. The summed E-state index contributed by atoms with van der Waals surface area (Å²) in [6, 6.07) is 2.73. The average molecular weight is 282 g/mol. The molecule has 20 heavy (non-hydrogen) atoms. The Bertz CT molecular complexity index is 377. The second-order valence-corrected chi connectivity index (χ2v) is 5.30. The molecule has 1 aromatic heterocycles. The molecule has 1 N–H and O–H groups in total. The monoisotopic (exact) mass is 282 g/mol. The van der Waals surface area contributed by atoms with Gasteiger partial charge in [0.2, 0.25) is 0 Å². The fourth-order valence-electron chi connectivity index (χ4n) is 2.22. The lowest BCUT2D eigenvalue weighted by molar-refractivity contribution is 0.117. The maximum Gasteiger partial charge on any atom is 0.118 e. The number of hydrogen-bond donors (Lipinski definition) is 1. The van der Waals surface area contributed by atoms with Crippen LogP contribution in [-0.2, 0) is 17.8 Å². The molecule has 4 nitrogen and oxygen atoms in total. The van der Waals surface area contributed by atoms with Gasteiger partial charge in [-0.05, 0) is 32.9 Å². The van der Waals surface area contributed by atoms with Crippen LogP contribution in [0.4, 0.5) is 0 Å². The Balaban J connectivity index is 2.69. The smallest absolute Gasteiger partial charge is 0.118 e. The Morgan fingerprint density at radius 1 is 1.40 bits per heavy atom. The summed E-state index contributed by atoms with van der Waals surface area (Å²) in [5.41, 5.74) is 1.29. The first-order valence-electron chi connectivity index (χ1n) is 7.64. The molecule has 4 heteroatoms. The molecular weight excluding hydrogens is 252 g/mol. The van der Waals surface area contributed by atoms with Crippen LogP contribution in [0.15, 0.2) is 10.5 Å². The van der Waals surface area contributed by atoms with Crippen LogP contribution < -0.4 is 5.32 Å². The highest BCUT2D eigenvalue weighted by atomic mass is 16.5. The first kappa shape index (κ1) is 17.2. The molecule has 0 aliphatic rings. The second kappa shape index (κ2) is 9.16. The molecule has 0 bridgehead atoms. The van der Waals surface area contributed by atoms with E-state index in [0.29, 0.717) is 6.04 Å². The highest BCUT2D eigenvalue weighted by Gasteiger charge is 2.16. The van der Waals surface area contributed by atoms with Gasteiger partial charge in [-0.2, -0.15) is 0 Å². The van der Waals surface area contributed by atoms with E-state index in [1.807, 2.05) is 0 Å². The van der Waals surface area contributed by atoms with Crippen LogP contribution in [0.25, 0.3) is 0 Å². The van der Waals surface area contributed by atoms with Gasteiger partial charge in [-0.3, -0.25) is 4.90 Å². The number of methoxy groups -OCH3 is 1. The fraction of sp³-hybridized carbons (Fsp3) is 0.750. The van der Waals surface area contributed by atoms with Gasteiger partial charge in [0.15, 0.2) is 0 Å². The van der Waals surface area contributed by atoms with Crippen molar-refractivity contribution in [1.82, 2.24) is 10.2 Å². The molecule has 0 spiro atoms. The van der Waals surface area contributed by atoms with Crippen molar-refractivity contribution in [2.75, 3.05) is 26.8 Å². The van der Waals surface area contributed by atoms with Crippen molar-refractivity contribution in [3.05, 3.63) is 23.2 Å². The molecule has 0 aromatic carbocycles. The van der Waals surface area contributed by atoms with Gasteiger partial charge in [0, 0.05) is 31.8 Å². The Morgan fingerprint density at radius 2 is 2.15 bits per heavy atom. The molecule has 1 rings (SSSR count). The van der Waals surface area contributed by atoms with Gasteiger partial charge in [0.05, 0.1) is 13.2 Å². The fourth-order valence-corrected chi connectivity index (χ4v) is 2.22. The van der Waals surface area contributed by atoms with Gasteiger partial charge in [-0.1, -0.05) is 13.8 Å². The normalized spacial score (nSPS) is 13.1. The molecule has 1 heterocycles. The maximum absolute atomic E-state index is 5.82. The van der Waals surface area contributed by atoms with Crippen molar-refractivity contribution < 1.29 is 9.15 Å². The Labute approximate surface area is 123 Å². The summed E-state index contributed by atoms with van der Waals surface area (Å²) >= 11 is 0. The number of ether oxygens (including phenoxy) is 1. The third-order valence-electron chi connectivity index (χ3n) is 3.79. The average Bonchev–Trinajstić information content (AvgIpc) is 2.80. The zero-order valence-electron chi connectivity index (χ0n) is 13.7. The van der Waals surface area contributed by atoms with E-state index in [1.54, 1.807) is 7.11 Å². The molecule has 0 aliphatic carbocycles. The SMILES string of the molecule is CCNCc1cc(CN(CCOC)C(C)CC)c(C)o1. The molecule has 0 aliphatic heterocycles. The topological polar surface area (TPSA) is 37.6 Å². The molecular formula is C16H30N2O2. The third-order valence-corrected chi connectivity index (χ3v) is 3.79. The molecule has 1 unspecified atom stereocenters. The van der Waals surface area contributed by atoms with Crippen molar-refractivity contribution in [2.45, 2.75) is 53.2 Å². The van der Waals surface area contributed by atoms with E-state index in [-0.39, 0.29) is 0 Å². The number of rotatable bonds is 10. The van der Waals surface area contributed by atoms with Gasteiger partial charge in [0.25, 0.3) is 0 Å². The van der Waals surface area contributed by atoms with Crippen LogP contribution in [0.3, 0.4) is 0 Å². The van der Waals surface area contributed by atoms with Gasteiger partial charge >= 0.3 is 0 Å². The minimum absolute atomic E-state index is 0.552. The predicted molar refractivity (Wildman–Crippen MR) is 82.9 cm³/mol. The van der Waals surface area contributed by atoms with E-state index >= 15 is 0 Å². The zero-order chi connectivity index (χ0) is 15.0. The van der Waals surface area contributed by atoms with Crippen molar-refractivity contribution >= 4 is 0 Å². The molecule has 116 valence electrons. The van der Waals surface area contributed by atoms with Crippen molar-refractivity contribution in [3.63, 3.8) is 0 Å². The molecule has 1 aromatic rings. The molecule has 0 fully saturated rings. The lowest BCUT2D eigenvalue weighted by atomic mass is 10.1. The summed E-state index contributed by atoms with van der Waals surface area (Å²) in [6.45, 7) is 13.1. The summed E-state index contributed by atoms with van der Waals surface area (Å²) in [4.78, 5) is 2.46. The minimum Gasteiger partial charge on any atom is -0.465 e. The number of nitrogens with one attached hydrogen (secondary N) is 1. The van der Waals surface area contributed by atoms with E-state index in [0.717, 1.165) is 50.7 Å². The Morgan fingerprint density at radius 3 is 2.75 bits per heavy atom. The summed E-state index contributed by atoms with van der Waals surface area (Å²) in [6.07, 6.45) is 1.14. The van der Waals surface area contributed by atoms with E-state index < -0.39 is 0 Å². The highest BCUT2D eigenvalue weighted by Crippen LogP contribution is 2.18. The number of furan rings is 1. The predicted octanol–water partition coefficient (Wildman–Crippen LogP) is 2.94. The quantitative estimate of drug-likeness (QED) is 0.716. The standard InChI is InChI=1S/C16H30N2O2/c1-6-13(3)18(8-9-19-5)12-15-10-16(11-17-7-2)20-14(15)4/h10,13,17H,6-9,11-12H2,1-5H3. The van der Waals surface area contributed by atoms with Gasteiger partial charge < -0.3 is 14.5 Å². The minimum atomic E-state index is 0.552. The third kappa shape index (κ3) is 5.27. The maximum atomic E-state index is 5.82. The van der Waals surface area contributed by atoms with Crippen LogP contribution in [0.2, 0.25) is 0 Å². The Hall–Kier alpha value is -0.840. The van der Waals surface area contributed by atoms with Crippen LogP contribution in [0.1, 0.15) is 44.3 Å². The van der Waals surface area contributed by atoms with Crippen LogP contribution in [0, 0.1) is 6.92 Å². The van der Waals surface area contributed by atoms with Crippen molar-refractivity contribution in [1.29, 1.82) is 0 Å². The van der Waals surface area contributed by atoms with Crippen LogP contribution in [0.5, 0.6) is 0 Å². The molecule has 0 saturated heterocycles. The lowest BCUT2D eigenvalue weighted by Gasteiger charge is -2.27. The van der Waals surface area contributed by atoms with E-state index in [2.05, 4.69) is 44.0 Å². The van der Waals surface area contributed by atoms with Gasteiger partial charge in [-0.25, -0.2) is 0 Å².